The Morgan fingerprint density at radius 2 is 2.12 bits per heavy atom. The molecule has 1 fully saturated rings. The zero-order valence-electron chi connectivity index (χ0n) is 9.71. The minimum Gasteiger partial charge on any atom is -0.329 e. The molecule has 0 aromatic heterocycles. The molecule has 4 heteroatoms. The first-order valence-electron chi connectivity index (χ1n) is 5.93. The highest BCUT2D eigenvalue weighted by Crippen LogP contribution is 2.38. The van der Waals surface area contributed by atoms with E-state index in [0.29, 0.717) is 12.2 Å². The van der Waals surface area contributed by atoms with Gasteiger partial charge in [0.1, 0.15) is 5.82 Å². The van der Waals surface area contributed by atoms with Gasteiger partial charge >= 0.3 is 0 Å². The van der Waals surface area contributed by atoms with E-state index in [1.54, 1.807) is 12.1 Å². The monoisotopic (exact) mass is 236 g/mol. The smallest absolute Gasteiger partial charge is 0.231 e. The van der Waals surface area contributed by atoms with Gasteiger partial charge in [-0.25, -0.2) is 4.39 Å². The first kappa shape index (κ1) is 12.0. The largest absolute Gasteiger partial charge is 0.329 e. The van der Waals surface area contributed by atoms with Gasteiger partial charge in [-0.1, -0.05) is 18.9 Å². The number of rotatable bonds is 3. The van der Waals surface area contributed by atoms with Crippen LogP contribution in [0.5, 0.6) is 0 Å². The predicted molar refractivity (Wildman–Crippen MR) is 65.0 cm³/mol. The summed E-state index contributed by atoms with van der Waals surface area (Å²) in [6.07, 6.45) is 3.72. The first-order valence-corrected chi connectivity index (χ1v) is 5.93. The molecular formula is C13H17FN2O. The number of halogens is 1. The Morgan fingerprint density at radius 3 is 2.71 bits per heavy atom. The summed E-state index contributed by atoms with van der Waals surface area (Å²) in [5.41, 5.74) is 5.76. The third-order valence-corrected chi connectivity index (χ3v) is 3.52. The molecule has 1 aliphatic rings. The Labute approximate surface area is 100 Å². The van der Waals surface area contributed by atoms with Crippen molar-refractivity contribution in [3.8, 4) is 0 Å². The molecule has 0 unspecified atom stereocenters. The lowest BCUT2D eigenvalue weighted by molar-refractivity contribution is -0.124. The summed E-state index contributed by atoms with van der Waals surface area (Å²) in [4.78, 5) is 12.2. The van der Waals surface area contributed by atoms with Crippen molar-refractivity contribution >= 4 is 11.6 Å². The molecule has 1 saturated carbocycles. The number of anilines is 1. The van der Waals surface area contributed by atoms with Crippen molar-refractivity contribution in [1.29, 1.82) is 0 Å². The van der Waals surface area contributed by atoms with Gasteiger partial charge in [-0.2, -0.15) is 0 Å². The molecule has 0 aliphatic heterocycles. The van der Waals surface area contributed by atoms with E-state index in [1.807, 2.05) is 0 Å². The number of amides is 1. The number of benzene rings is 1. The third kappa shape index (κ3) is 2.47. The molecule has 3 N–H and O–H groups in total. The summed E-state index contributed by atoms with van der Waals surface area (Å²) < 4.78 is 13.0. The lowest BCUT2D eigenvalue weighted by Crippen LogP contribution is -2.40. The molecule has 0 spiro atoms. The van der Waals surface area contributed by atoms with Crippen LogP contribution in [-0.4, -0.2) is 12.5 Å². The maximum atomic E-state index is 13.0. The predicted octanol–water partition coefficient (Wildman–Crippen LogP) is 2.28. The van der Waals surface area contributed by atoms with Crippen LogP contribution in [0.2, 0.25) is 0 Å². The summed E-state index contributed by atoms with van der Waals surface area (Å²) in [7, 11) is 0. The van der Waals surface area contributed by atoms with Crippen molar-refractivity contribution in [3.05, 3.63) is 30.1 Å². The fourth-order valence-electron chi connectivity index (χ4n) is 2.41. The van der Waals surface area contributed by atoms with E-state index in [2.05, 4.69) is 5.32 Å². The Hall–Kier alpha value is -1.42. The number of carbonyl (C=O) groups is 1. The Bertz CT molecular complexity index is 414. The van der Waals surface area contributed by atoms with E-state index >= 15 is 0 Å². The molecule has 2 rings (SSSR count). The number of hydrogen-bond donors (Lipinski definition) is 2. The topological polar surface area (TPSA) is 55.1 Å². The van der Waals surface area contributed by atoms with Crippen molar-refractivity contribution in [2.45, 2.75) is 25.7 Å². The van der Waals surface area contributed by atoms with Crippen LogP contribution in [0.1, 0.15) is 25.7 Å². The Morgan fingerprint density at radius 1 is 1.41 bits per heavy atom. The SMILES string of the molecule is NCC1(C(=O)Nc2cccc(F)c2)CCCC1. The molecule has 0 saturated heterocycles. The highest BCUT2D eigenvalue weighted by molar-refractivity contribution is 5.95. The minimum atomic E-state index is -0.452. The van der Waals surface area contributed by atoms with Crippen molar-refractivity contribution in [3.63, 3.8) is 0 Å². The number of nitrogens with one attached hydrogen (secondary N) is 1. The van der Waals surface area contributed by atoms with Crippen LogP contribution in [-0.2, 0) is 4.79 Å². The fourth-order valence-corrected chi connectivity index (χ4v) is 2.41. The van der Waals surface area contributed by atoms with Crippen LogP contribution in [0.15, 0.2) is 24.3 Å². The summed E-state index contributed by atoms with van der Waals surface area (Å²) in [5, 5.41) is 2.76. The van der Waals surface area contributed by atoms with E-state index in [4.69, 9.17) is 5.73 Å². The molecule has 0 atom stereocenters. The number of carbonyl (C=O) groups excluding carboxylic acids is 1. The fraction of sp³-hybridized carbons (Fsp3) is 0.462. The van der Waals surface area contributed by atoms with Gasteiger partial charge in [-0.15, -0.1) is 0 Å². The van der Waals surface area contributed by atoms with Crippen molar-refractivity contribution in [2.24, 2.45) is 11.1 Å². The van der Waals surface area contributed by atoms with E-state index in [9.17, 15) is 9.18 Å². The molecule has 1 aromatic rings. The second-order valence-corrected chi connectivity index (χ2v) is 4.66. The van der Waals surface area contributed by atoms with Gasteiger partial charge < -0.3 is 11.1 Å². The molecule has 0 radical (unpaired) electrons. The average Bonchev–Trinajstić information content (AvgIpc) is 2.78. The Kier molecular flexibility index (Phi) is 3.43. The second kappa shape index (κ2) is 4.84. The van der Waals surface area contributed by atoms with E-state index < -0.39 is 5.41 Å². The molecule has 1 aromatic carbocycles. The maximum absolute atomic E-state index is 13.0. The van der Waals surface area contributed by atoms with Gasteiger partial charge in [0, 0.05) is 12.2 Å². The summed E-state index contributed by atoms with van der Waals surface area (Å²) in [6, 6.07) is 5.93. The van der Waals surface area contributed by atoms with Gasteiger partial charge in [0.05, 0.1) is 5.41 Å². The van der Waals surface area contributed by atoms with Gasteiger partial charge in [0.25, 0.3) is 0 Å². The normalized spacial score (nSPS) is 18.0. The lowest BCUT2D eigenvalue weighted by Gasteiger charge is -2.25. The van der Waals surface area contributed by atoms with Gasteiger partial charge in [0.2, 0.25) is 5.91 Å². The number of hydrogen-bond acceptors (Lipinski definition) is 2. The zero-order valence-corrected chi connectivity index (χ0v) is 9.71. The van der Waals surface area contributed by atoms with Crippen LogP contribution in [0.25, 0.3) is 0 Å². The molecule has 1 aliphatic carbocycles. The van der Waals surface area contributed by atoms with Crippen molar-refractivity contribution in [2.75, 3.05) is 11.9 Å². The van der Waals surface area contributed by atoms with E-state index in [0.717, 1.165) is 25.7 Å². The maximum Gasteiger partial charge on any atom is 0.231 e. The molecule has 17 heavy (non-hydrogen) atoms. The van der Waals surface area contributed by atoms with Crippen LogP contribution < -0.4 is 11.1 Å². The molecule has 3 nitrogen and oxygen atoms in total. The number of nitrogens with two attached hydrogens (primary N) is 1. The van der Waals surface area contributed by atoms with Crippen LogP contribution in [0, 0.1) is 11.2 Å². The summed E-state index contributed by atoms with van der Waals surface area (Å²) in [6.45, 7) is 0.355. The quantitative estimate of drug-likeness (QED) is 0.846. The standard InChI is InChI=1S/C13H17FN2O/c14-10-4-3-5-11(8-10)16-12(17)13(9-15)6-1-2-7-13/h3-5,8H,1-2,6-7,9,15H2,(H,16,17). The third-order valence-electron chi connectivity index (χ3n) is 3.52. The van der Waals surface area contributed by atoms with E-state index in [1.165, 1.54) is 12.1 Å². The van der Waals surface area contributed by atoms with Crippen molar-refractivity contribution < 1.29 is 9.18 Å². The summed E-state index contributed by atoms with van der Waals surface area (Å²) >= 11 is 0. The minimum absolute atomic E-state index is 0.0805. The van der Waals surface area contributed by atoms with E-state index in [-0.39, 0.29) is 11.7 Å². The highest BCUT2D eigenvalue weighted by Gasteiger charge is 2.39. The van der Waals surface area contributed by atoms with Crippen LogP contribution in [0.3, 0.4) is 0 Å². The molecule has 0 bridgehead atoms. The zero-order chi connectivity index (χ0) is 12.3. The van der Waals surface area contributed by atoms with Crippen LogP contribution >= 0.6 is 0 Å². The first-order chi connectivity index (χ1) is 8.16. The second-order valence-electron chi connectivity index (χ2n) is 4.66. The molecule has 0 heterocycles. The molecule has 1 amide bonds. The lowest BCUT2D eigenvalue weighted by atomic mass is 9.85. The average molecular weight is 236 g/mol. The van der Waals surface area contributed by atoms with Gasteiger partial charge in [-0.3, -0.25) is 4.79 Å². The molecule has 92 valence electrons. The van der Waals surface area contributed by atoms with Crippen LogP contribution in [0.4, 0.5) is 10.1 Å². The Balaban J connectivity index is 2.10. The van der Waals surface area contributed by atoms with Gasteiger partial charge in [-0.05, 0) is 31.0 Å². The molecular weight excluding hydrogens is 219 g/mol. The van der Waals surface area contributed by atoms with Crippen molar-refractivity contribution in [1.82, 2.24) is 0 Å². The van der Waals surface area contributed by atoms with Gasteiger partial charge in [0.15, 0.2) is 0 Å². The summed E-state index contributed by atoms with van der Waals surface area (Å²) in [5.74, 6) is -0.431. The highest BCUT2D eigenvalue weighted by atomic mass is 19.1.